The third kappa shape index (κ3) is 1.76. The molecular formula is C12H10O3. The molecule has 0 bridgehead atoms. The Hall–Kier alpha value is -2.03. The van der Waals surface area contributed by atoms with Gasteiger partial charge in [-0.1, -0.05) is 24.3 Å². The maximum absolute atomic E-state index is 11.5. The van der Waals surface area contributed by atoms with Crippen molar-refractivity contribution in [2.24, 2.45) is 0 Å². The molecule has 0 aliphatic heterocycles. The number of Topliss-reactive ketones (excluding diaryl/α,β-unsaturated/α-hetero) is 1. The van der Waals surface area contributed by atoms with E-state index in [9.17, 15) is 9.90 Å². The summed E-state index contributed by atoms with van der Waals surface area (Å²) in [4.78, 5) is 11.5. The zero-order valence-electron chi connectivity index (χ0n) is 7.97. The molecule has 1 aromatic rings. The summed E-state index contributed by atoms with van der Waals surface area (Å²) in [6, 6.07) is 4.37. The average Bonchev–Trinajstić information content (AvgIpc) is 2.23. The Morgan fingerprint density at radius 3 is 2.60 bits per heavy atom. The predicted octanol–water partition coefficient (Wildman–Crippen LogP) is 2.01. The number of phenols is 2. The van der Waals surface area contributed by atoms with Crippen molar-refractivity contribution in [1.29, 1.82) is 0 Å². The van der Waals surface area contributed by atoms with Gasteiger partial charge in [0, 0.05) is 12.0 Å². The molecule has 0 saturated heterocycles. The number of carbonyl (C=O) groups excluding carboxylic acids is 1. The Labute approximate surface area is 87.0 Å². The number of hydrogen-bond acceptors (Lipinski definition) is 3. The molecule has 1 aliphatic carbocycles. The Bertz CT molecular complexity index is 470. The van der Waals surface area contributed by atoms with Crippen LogP contribution in [0.3, 0.4) is 0 Å². The number of aromatic hydroxyl groups is 2. The zero-order valence-corrected chi connectivity index (χ0v) is 7.97. The highest BCUT2D eigenvalue weighted by Crippen LogP contribution is 2.29. The molecule has 0 unspecified atom stereocenters. The first-order valence-electron chi connectivity index (χ1n) is 4.61. The molecule has 3 heteroatoms. The molecule has 3 nitrogen and oxygen atoms in total. The quantitative estimate of drug-likeness (QED) is 0.685. The van der Waals surface area contributed by atoms with Crippen molar-refractivity contribution < 1.29 is 15.0 Å². The van der Waals surface area contributed by atoms with Gasteiger partial charge in [-0.3, -0.25) is 4.79 Å². The van der Waals surface area contributed by atoms with Crippen LogP contribution in [0.1, 0.15) is 12.0 Å². The minimum absolute atomic E-state index is 0.0163. The first kappa shape index (κ1) is 9.52. The van der Waals surface area contributed by atoms with Crippen LogP contribution in [0.15, 0.2) is 36.4 Å². The van der Waals surface area contributed by atoms with Crippen LogP contribution in [-0.2, 0) is 4.79 Å². The summed E-state index contributed by atoms with van der Waals surface area (Å²) in [6.07, 6.45) is 5.68. The molecule has 0 atom stereocenters. The van der Waals surface area contributed by atoms with Gasteiger partial charge in [0.05, 0.1) is 0 Å². The average molecular weight is 202 g/mol. The SMILES string of the molecule is O=C1CC=CC=C1c1ccc(O)c(O)c1. The van der Waals surface area contributed by atoms with E-state index < -0.39 is 0 Å². The second-order valence-electron chi connectivity index (χ2n) is 3.34. The second-order valence-corrected chi connectivity index (χ2v) is 3.34. The van der Waals surface area contributed by atoms with Crippen LogP contribution in [0.2, 0.25) is 0 Å². The number of hydrogen-bond donors (Lipinski definition) is 2. The summed E-state index contributed by atoms with van der Waals surface area (Å²) in [5.41, 5.74) is 1.19. The molecule has 1 aliphatic rings. The van der Waals surface area contributed by atoms with E-state index in [-0.39, 0.29) is 17.3 Å². The molecule has 0 heterocycles. The van der Waals surface area contributed by atoms with Gasteiger partial charge in [0.15, 0.2) is 17.3 Å². The Morgan fingerprint density at radius 2 is 1.93 bits per heavy atom. The van der Waals surface area contributed by atoms with E-state index in [2.05, 4.69) is 0 Å². The van der Waals surface area contributed by atoms with Crippen molar-refractivity contribution in [1.82, 2.24) is 0 Å². The summed E-state index contributed by atoms with van der Waals surface area (Å²) in [5, 5.41) is 18.5. The van der Waals surface area contributed by atoms with E-state index in [4.69, 9.17) is 5.11 Å². The number of benzene rings is 1. The van der Waals surface area contributed by atoms with Gasteiger partial charge in [0.25, 0.3) is 0 Å². The topological polar surface area (TPSA) is 57.5 Å². The van der Waals surface area contributed by atoms with Crippen LogP contribution in [0.25, 0.3) is 5.57 Å². The number of rotatable bonds is 1. The lowest BCUT2D eigenvalue weighted by Crippen LogP contribution is -2.02. The van der Waals surface area contributed by atoms with Crippen LogP contribution in [0.4, 0.5) is 0 Å². The maximum atomic E-state index is 11.5. The van der Waals surface area contributed by atoms with Gasteiger partial charge < -0.3 is 10.2 Å². The summed E-state index contributed by atoms with van der Waals surface area (Å²) in [7, 11) is 0. The van der Waals surface area contributed by atoms with E-state index in [1.807, 2.05) is 0 Å². The van der Waals surface area contributed by atoms with Crippen molar-refractivity contribution in [3.63, 3.8) is 0 Å². The zero-order chi connectivity index (χ0) is 10.8. The highest BCUT2D eigenvalue weighted by Gasteiger charge is 2.13. The molecule has 0 saturated carbocycles. The largest absolute Gasteiger partial charge is 0.504 e. The van der Waals surface area contributed by atoms with E-state index in [0.717, 1.165) is 0 Å². The monoisotopic (exact) mass is 202 g/mol. The second kappa shape index (κ2) is 3.61. The molecule has 2 N–H and O–H groups in total. The lowest BCUT2D eigenvalue weighted by atomic mass is 9.96. The minimum Gasteiger partial charge on any atom is -0.504 e. The van der Waals surface area contributed by atoms with E-state index >= 15 is 0 Å². The molecule has 0 spiro atoms. The number of ketones is 1. The standard InChI is InChI=1S/C12H10O3/c13-10-4-2-1-3-9(10)8-5-6-11(14)12(15)7-8/h1-3,5-7,14-15H,4H2. The fraction of sp³-hybridized carbons (Fsp3) is 0.0833. The number of carbonyl (C=O) groups is 1. The molecule has 0 fully saturated rings. The van der Waals surface area contributed by atoms with Gasteiger partial charge in [-0.15, -0.1) is 0 Å². The van der Waals surface area contributed by atoms with Gasteiger partial charge in [-0.05, 0) is 17.7 Å². The fourth-order valence-electron chi connectivity index (χ4n) is 1.49. The van der Waals surface area contributed by atoms with E-state index in [1.165, 1.54) is 12.1 Å². The first-order chi connectivity index (χ1) is 7.18. The maximum Gasteiger partial charge on any atom is 0.167 e. The van der Waals surface area contributed by atoms with Crippen LogP contribution in [0, 0.1) is 0 Å². The first-order valence-corrected chi connectivity index (χ1v) is 4.61. The van der Waals surface area contributed by atoms with Crippen LogP contribution < -0.4 is 0 Å². The van der Waals surface area contributed by atoms with Gasteiger partial charge in [-0.25, -0.2) is 0 Å². The van der Waals surface area contributed by atoms with Gasteiger partial charge in [0.1, 0.15) is 0 Å². The van der Waals surface area contributed by atoms with Gasteiger partial charge >= 0.3 is 0 Å². The van der Waals surface area contributed by atoms with Crippen molar-refractivity contribution in [2.45, 2.75) is 6.42 Å². The molecular weight excluding hydrogens is 192 g/mol. The van der Waals surface area contributed by atoms with Gasteiger partial charge in [0.2, 0.25) is 0 Å². The summed E-state index contributed by atoms with van der Waals surface area (Å²) in [6.45, 7) is 0. The third-order valence-electron chi connectivity index (χ3n) is 2.29. The number of allylic oxidation sites excluding steroid dienone is 4. The highest BCUT2D eigenvalue weighted by molar-refractivity contribution is 6.22. The minimum atomic E-state index is -0.212. The molecule has 76 valence electrons. The van der Waals surface area contributed by atoms with E-state index in [1.54, 1.807) is 24.3 Å². The molecule has 1 aromatic carbocycles. The Morgan fingerprint density at radius 1 is 1.13 bits per heavy atom. The van der Waals surface area contributed by atoms with E-state index in [0.29, 0.717) is 17.6 Å². The van der Waals surface area contributed by atoms with Crippen molar-refractivity contribution in [3.8, 4) is 11.5 Å². The summed E-state index contributed by atoms with van der Waals surface area (Å²) < 4.78 is 0. The predicted molar refractivity (Wildman–Crippen MR) is 56.5 cm³/mol. The fourth-order valence-corrected chi connectivity index (χ4v) is 1.49. The number of phenolic OH excluding ortho intramolecular Hbond substituents is 2. The highest BCUT2D eigenvalue weighted by atomic mass is 16.3. The molecule has 15 heavy (non-hydrogen) atoms. The Balaban J connectivity index is 2.45. The molecule has 0 radical (unpaired) electrons. The molecule has 0 aromatic heterocycles. The van der Waals surface area contributed by atoms with Crippen LogP contribution in [0.5, 0.6) is 11.5 Å². The van der Waals surface area contributed by atoms with Crippen LogP contribution in [-0.4, -0.2) is 16.0 Å². The van der Waals surface area contributed by atoms with Crippen LogP contribution >= 0.6 is 0 Å². The van der Waals surface area contributed by atoms with Crippen molar-refractivity contribution in [3.05, 3.63) is 42.0 Å². The lowest BCUT2D eigenvalue weighted by molar-refractivity contribution is -0.113. The lowest BCUT2D eigenvalue weighted by Gasteiger charge is -2.08. The van der Waals surface area contributed by atoms with Gasteiger partial charge in [-0.2, -0.15) is 0 Å². The Kier molecular flexibility index (Phi) is 2.29. The summed E-state index contributed by atoms with van der Waals surface area (Å²) in [5.74, 6) is -0.378. The molecule has 2 rings (SSSR count). The van der Waals surface area contributed by atoms with Crippen molar-refractivity contribution >= 4 is 11.4 Å². The smallest absolute Gasteiger partial charge is 0.167 e. The normalized spacial score (nSPS) is 15.2. The third-order valence-corrected chi connectivity index (χ3v) is 2.29. The molecule has 0 amide bonds. The summed E-state index contributed by atoms with van der Waals surface area (Å²) >= 11 is 0. The van der Waals surface area contributed by atoms with Crippen molar-refractivity contribution in [2.75, 3.05) is 0 Å².